The minimum absolute atomic E-state index is 0.125. The summed E-state index contributed by atoms with van der Waals surface area (Å²) in [7, 11) is 0.711. The first kappa shape index (κ1) is 23.7. The highest BCUT2D eigenvalue weighted by atomic mass is 32.3. The summed E-state index contributed by atoms with van der Waals surface area (Å²) in [5.41, 5.74) is 1.29. The molecule has 3 amide bonds. The highest BCUT2D eigenvalue weighted by molar-refractivity contribution is 8.32. The van der Waals surface area contributed by atoms with E-state index < -0.39 is 22.0 Å². The fourth-order valence-corrected chi connectivity index (χ4v) is 4.64. The Kier molecular flexibility index (Phi) is 7.45. The van der Waals surface area contributed by atoms with Gasteiger partial charge >= 0.3 is 0 Å². The molecule has 3 N–H and O–H groups in total. The number of hydrogen-bond donors (Lipinski definition) is 3. The molecule has 32 heavy (non-hydrogen) atoms. The van der Waals surface area contributed by atoms with E-state index in [-0.39, 0.29) is 30.7 Å². The highest BCUT2D eigenvalue weighted by Crippen LogP contribution is 2.48. The van der Waals surface area contributed by atoms with Gasteiger partial charge in [0, 0.05) is 18.7 Å². The molecule has 172 valence electrons. The van der Waals surface area contributed by atoms with E-state index in [1.807, 2.05) is 24.3 Å². The second kappa shape index (κ2) is 10.1. The molecule has 2 aromatic carbocycles. The third kappa shape index (κ3) is 5.62. The zero-order valence-corrected chi connectivity index (χ0v) is 19.8. The number of rotatable bonds is 8. The molecule has 0 saturated carbocycles. The zero-order chi connectivity index (χ0) is 23.3. The molecule has 1 aliphatic heterocycles. The maximum absolute atomic E-state index is 13.2. The summed E-state index contributed by atoms with van der Waals surface area (Å²) < 4.78 is 5.20. The summed E-state index contributed by atoms with van der Waals surface area (Å²) >= 11 is 0. The molecule has 8 heteroatoms. The Morgan fingerprint density at radius 2 is 1.78 bits per heavy atom. The lowest BCUT2D eigenvalue weighted by Crippen LogP contribution is -2.40. The Hall–Kier alpha value is -3.00. The first-order chi connectivity index (χ1) is 15.2. The number of nitrogens with one attached hydrogen (secondary N) is 3. The van der Waals surface area contributed by atoms with Crippen molar-refractivity contribution in [3.8, 4) is 5.75 Å². The average molecular weight is 458 g/mol. The lowest BCUT2D eigenvalue weighted by molar-refractivity contribution is -0.129. The second-order valence-electron chi connectivity index (χ2n) is 8.26. The molecule has 2 atom stereocenters. The molecule has 2 unspecified atom stereocenters. The number of hydrogen-bond acceptors (Lipinski definition) is 4. The normalized spacial score (nSPS) is 17.2. The topological polar surface area (TPSA) is 96.5 Å². The molecular formula is C24H31N3O4S. The Morgan fingerprint density at radius 1 is 1.12 bits per heavy atom. The third-order valence-corrected chi connectivity index (χ3v) is 8.82. The molecule has 0 spiro atoms. The summed E-state index contributed by atoms with van der Waals surface area (Å²) in [5, 5.41) is 8.39. The van der Waals surface area contributed by atoms with Crippen molar-refractivity contribution in [2.75, 3.05) is 37.2 Å². The van der Waals surface area contributed by atoms with Gasteiger partial charge in [-0.2, -0.15) is 0 Å². The summed E-state index contributed by atoms with van der Waals surface area (Å²) in [6.07, 6.45) is 4.65. The molecule has 1 aliphatic rings. The largest absolute Gasteiger partial charge is 0.497 e. The molecule has 0 aromatic heterocycles. The van der Waals surface area contributed by atoms with Gasteiger partial charge in [0.2, 0.25) is 11.8 Å². The number of methoxy groups -OCH3 is 1. The number of benzene rings is 2. The van der Waals surface area contributed by atoms with Gasteiger partial charge in [-0.3, -0.25) is 14.4 Å². The number of carbonyl (C=O) groups excluding carboxylic acids is 3. The van der Waals surface area contributed by atoms with E-state index in [0.717, 1.165) is 5.75 Å². The standard InChI is InChI=1S/C24H31N3O4S/c1-5-32(3,4)20-12-8-18(9-13-20)26-24(30)22(16-6-10-19(31-2)11-7-16)27-23(29)17-14-21(28)25-15-17/h6-13,17,22H,5,14-15H2,1-4H3,(H,25,28)(H,26,30)(H,27,29). The van der Waals surface area contributed by atoms with Crippen molar-refractivity contribution in [2.24, 2.45) is 5.92 Å². The fourth-order valence-electron chi connectivity index (χ4n) is 3.44. The van der Waals surface area contributed by atoms with Gasteiger partial charge in [-0.15, -0.1) is 0 Å². The van der Waals surface area contributed by atoms with E-state index in [0.29, 0.717) is 17.0 Å². The van der Waals surface area contributed by atoms with E-state index in [2.05, 4.69) is 35.4 Å². The van der Waals surface area contributed by atoms with E-state index in [1.54, 1.807) is 31.4 Å². The van der Waals surface area contributed by atoms with Crippen LogP contribution >= 0.6 is 10.0 Å². The van der Waals surface area contributed by atoms with Gasteiger partial charge in [0.25, 0.3) is 5.91 Å². The maximum Gasteiger partial charge on any atom is 0.251 e. The van der Waals surface area contributed by atoms with Crippen molar-refractivity contribution in [1.29, 1.82) is 0 Å². The first-order valence-corrected chi connectivity index (χ1v) is 13.2. The van der Waals surface area contributed by atoms with E-state index in [4.69, 9.17) is 4.74 Å². The lowest BCUT2D eigenvalue weighted by atomic mass is 10.0. The van der Waals surface area contributed by atoms with Crippen LogP contribution in [0.4, 0.5) is 5.69 Å². The molecule has 0 aliphatic carbocycles. The molecule has 0 bridgehead atoms. The Labute approximate surface area is 190 Å². The smallest absolute Gasteiger partial charge is 0.251 e. The van der Waals surface area contributed by atoms with Gasteiger partial charge in [-0.25, -0.2) is 10.0 Å². The lowest BCUT2D eigenvalue weighted by Gasteiger charge is -2.30. The van der Waals surface area contributed by atoms with Crippen molar-refractivity contribution in [3.05, 3.63) is 54.1 Å². The number of amides is 3. The predicted octanol–water partition coefficient (Wildman–Crippen LogP) is 3.07. The molecule has 7 nitrogen and oxygen atoms in total. The maximum atomic E-state index is 13.2. The third-order valence-electron chi connectivity index (χ3n) is 5.83. The van der Waals surface area contributed by atoms with Gasteiger partial charge < -0.3 is 20.7 Å². The molecule has 2 aromatic rings. The van der Waals surface area contributed by atoms with Crippen LogP contribution in [0.2, 0.25) is 0 Å². The summed E-state index contributed by atoms with van der Waals surface area (Å²) in [6.45, 7) is 2.46. The van der Waals surface area contributed by atoms with E-state index >= 15 is 0 Å². The van der Waals surface area contributed by atoms with E-state index in [9.17, 15) is 14.4 Å². The van der Waals surface area contributed by atoms with Crippen molar-refractivity contribution < 1.29 is 19.1 Å². The van der Waals surface area contributed by atoms with Crippen molar-refractivity contribution in [3.63, 3.8) is 0 Å². The van der Waals surface area contributed by atoms with Crippen molar-refractivity contribution in [2.45, 2.75) is 24.3 Å². The second-order valence-corrected chi connectivity index (χ2v) is 12.4. The van der Waals surface area contributed by atoms with Gasteiger partial charge in [0.05, 0.1) is 13.0 Å². The minimum atomic E-state index is -0.901. The summed E-state index contributed by atoms with van der Waals surface area (Å²) in [5.74, 6) is 0.408. The Bertz CT molecular complexity index is 974. The Morgan fingerprint density at radius 3 is 2.31 bits per heavy atom. The van der Waals surface area contributed by atoms with Crippen LogP contribution in [0.3, 0.4) is 0 Å². The number of carbonyl (C=O) groups is 3. The van der Waals surface area contributed by atoms with Crippen LogP contribution in [0.1, 0.15) is 24.9 Å². The van der Waals surface area contributed by atoms with Gasteiger partial charge in [0.1, 0.15) is 11.8 Å². The quantitative estimate of drug-likeness (QED) is 0.568. The van der Waals surface area contributed by atoms with Crippen LogP contribution in [-0.4, -0.2) is 49.6 Å². The van der Waals surface area contributed by atoms with Crippen LogP contribution in [0.25, 0.3) is 0 Å². The molecule has 1 fully saturated rings. The molecular weight excluding hydrogens is 426 g/mol. The molecule has 0 radical (unpaired) electrons. The molecule has 3 rings (SSSR count). The van der Waals surface area contributed by atoms with Crippen LogP contribution in [-0.2, 0) is 14.4 Å². The monoisotopic (exact) mass is 457 g/mol. The van der Waals surface area contributed by atoms with Crippen LogP contribution in [0.15, 0.2) is 53.4 Å². The number of anilines is 1. The van der Waals surface area contributed by atoms with Crippen molar-refractivity contribution >= 4 is 33.4 Å². The van der Waals surface area contributed by atoms with E-state index in [1.165, 1.54) is 4.90 Å². The SMILES string of the molecule is CCS(C)(C)c1ccc(NC(=O)C(NC(=O)C2CNC(=O)C2)c2ccc(OC)cc2)cc1. The highest BCUT2D eigenvalue weighted by Gasteiger charge is 2.31. The van der Waals surface area contributed by atoms with Gasteiger partial charge in [0.15, 0.2) is 0 Å². The summed E-state index contributed by atoms with van der Waals surface area (Å²) in [6, 6.07) is 14.0. The van der Waals surface area contributed by atoms with Crippen LogP contribution in [0.5, 0.6) is 5.75 Å². The van der Waals surface area contributed by atoms with Crippen molar-refractivity contribution in [1.82, 2.24) is 10.6 Å². The van der Waals surface area contributed by atoms with Gasteiger partial charge in [-0.1, -0.05) is 19.1 Å². The minimum Gasteiger partial charge on any atom is -0.497 e. The summed E-state index contributed by atoms with van der Waals surface area (Å²) in [4.78, 5) is 38.7. The number of ether oxygens (including phenoxy) is 1. The zero-order valence-electron chi connectivity index (χ0n) is 18.9. The predicted molar refractivity (Wildman–Crippen MR) is 128 cm³/mol. The Balaban J connectivity index is 1.79. The average Bonchev–Trinajstić information content (AvgIpc) is 3.24. The molecule has 1 saturated heterocycles. The fraction of sp³-hybridized carbons (Fsp3) is 0.375. The molecule has 1 heterocycles. The van der Waals surface area contributed by atoms with Gasteiger partial charge in [-0.05, 0) is 65.1 Å². The van der Waals surface area contributed by atoms with Crippen LogP contribution < -0.4 is 20.7 Å². The van der Waals surface area contributed by atoms with Crippen LogP contribution in [0, 0.1) is 5.92 Å². The first-order valence-electron chi connectivity index (χ1n) is 10.6.